The first-order valence-electron chi connectivity index (χ1n) is 11.7. The average molecular weight is 428 g/mol. The van der Waals surface area contributed by atoms with E-state index in [-0.39, 0.29) is 24.7 Å². The van der Waals surface area contributed by atoms with Crippen molar-refractivity contribution in [3.05, 3.63) is 65.2 Å². The van der Waals surface area contributed by atoms with Crippen LogP contribution in [-0.2, 0) is 22.5 Å². The smallest absolute Gasteiger partial charge is 0.121 e. The second-order valence-corrected chi connectivity index (χ2v) is 8.33. The molecule has 170 valence electrons. The minimum absolute atomic E-state index is 0.0220. The SMILES string of the molecule is OCc1cc(C2CNC(CCCCCCOCCCCc3ccccc3)O2)ccc1O. The molecule has 1 fully saturated rings. The van der Waals surface area contributed by atoms with Gasteiger partial charge in [0.1, 0.15) is 12.0 Å². The first kappa shape index (κ1) is 23.7. The lowest BCUT2D eigenvalue weighted by molar-refractivity contribution is 0.0344. The second kappa shape index (κ2) is 13.5. The number of hydrogen-bond donors (Lipinski definition) is 3. The quantitative estimate of drug-likeness (QED) is 0.376. The number of unbranched alkanes of at least 4 members (excludes halogenated alkanes) is 4. The molecular weight excluding hydrogens is 390 g/mol. The maximum Gasteiger partial charge on any atom is 0.121 e. The maximum absolute atomic E-state index is 9.71. The van der Waals surface area contributed by atoms with Gasteiger partial charge in [0.05, 0.1) is 12.7 Å². The van der Waals surface area contributed by atoms with Gasteiger partial charge in [-0.3, -0.25) is 5.32 Å². The first-order valence-corrected chi connectivity index (χ1v) is 11.7. The Balaban J connectivity index is 1.16. The summed E-state index contributed by atoms with van der Waals surface area (Å²) in [6, 6.07) is 16.0. The molecule has 1 aliphatic heterocycles. The fourth-order valence-electron chi connectivity index (χ4n) is 4.00. The van der Waals surface area contributed by atoms with Gasteiger partial charge in [-0.1, -0.05) is 49.2 Å². The zero-order valence-corrected chi connectivity index (χ0v) is 18.5. The first-order chi connectivity index (χ1) is 15.3. The van der Waals surface area contributed by atoms with Crippen LogP contribution in [0.2, 0.25) is 0 Å². The van der Waals surface area contributed by atoms with Gasteiger partial charge < -0.3 is 19.7 Å². The van der Waals surface area contributed by atoms with Crippen molar-refractivity contribution in [1.82, 2.24) is 5.32 Å². The highest BCUT2D eigenvalue weighted by atomic mass is 16.5. The molecule has 0 bridgehead atoms. The third-order valence-electron chi connectivity index (χ3n) is 5.86. The van der Waals surface area contributed by atoms with Crippen LogP contribution in [0.25, 0.3) is 0 Å². The fourth-order valence-corrected chi connectivity index (χ4v) is 4.00. The summed E-state index contributed by atoms with van der Waals surface area (Å²) in [7, 11) is 0. The van der Waals surface area contributed by atoms with Gasteiger partial charge in [-0.05, 0) is 61.8 Å². The highest BCUT2D eigenvalue weighted by Crippen LogP contribution is 2.28. The normalized spacial score (nSPS) is 18.5. The molecule has 3 rings (SSSR count). The van der Waals surface area contributed by atoms with E-state index in [0.29, 0.717) is 5.56 Å². The number of aryl methyl sites for hydroxylation is 1. The standard InChI is InChI=1S/C26H37NO4/c28-20-23-18-22(14-15-24(23)29)25-19-27-26(31-25)13-6-1-2-8-16-30-17-9-7-12-21-10-4-3-5-11-21/h3-5,10-11,14-15,18,25-29H,1-2,6-9,12-13,16-17,19-20H2. The Morgan fingerprint density at radius 2 is 1.71 bits per heavy atom. The highest BCUT2D eigenvalue weighted by Gasteiger charge is 2.25. The van der Waals surface area contributed by atoms with E-state index >= 15 is 0 Å². The van der Waals surface area contributed by atoms with Gasteiger partial charge in [0.15, 0.2) is 0 Å². The largest absolute Gasteiger partial charge is 0.508 e. The lowest BCUT2D eigenvalue weighted by Gasteiger charge is -2.14. The van der Waals surface area contributed by atoms with Crippen molar-refractivity contribution >= 4 is 0 Å². The zero-order chi connectivity index (χ0) is 21.7. The molecule has 1 aliphatic rings. The van der Waals surface area contributed by atoms with Gasteiger partial charge in [-0.2, -0.15) is 0 Å². The monoisotopic (exact) mass is 427 g/mol. The van der Waals surface area contributed by atoms with Gasteiger partial charge in [-0.25, -0.2) is 0 Å². The topological polar surface area (TPSA) is 71.0 Å². The lowest BCUT2D eigenvalue weighted by Crippen LogP contribution is -2.22. The number of rotatable bonds is 14. The molecule has 2 aromatic rings. The van der Waals surface area contributed by atoms with E-state index in [1.807, 2.05) is 12.1 Å². The summed E-state index contributed by atoms with van der Waals surface area (Å²) in [5.74, 6) is 0.130. The summed E-state index contributed by atoms with van der Waals surface area (Å²) in [6.07, 6.45) is 9.15. The molecule has 31 heavy (non-hydrogen) atoms. The Hall–Kier alpha value is -1.92. The Kier molecular flexibility index (Phi) is 10.3. The predicted octanol–water partition coefficient (Wildman–Crippen LogP) is 4.86. The lowest BCUT2D eigenvalue weighted by atomic mass is 10.1. The van der Waals surface area contributed by atoms with Crippen LogP contribution in [-0.4, -0.2) is 36.2 Å². The maximum atomic E-state index is 9.71. The summed E-state index contributed by atoms with van der Waals surface area (Å²) >= 11 is 0. The van der Waals surface area contributed by atoms with E-state index in [2.05, 4.69) is 35.6 Å². The summed E-state index contributed by atoms with van der Waals surface area (Å²) in [4.78, 5) is 0. The second-order valence-electron chi connectivity index (χ2n) is 8.33. The van der Waals surface area contributed by atoms with E-state index < -0.39 is 0 Å². The van der Waals surface area contributed by atoms with Crippen molar-refractivity contribution < 1.29 is 19.7 Å². The Bertz CT molecular complexity index is 752. The van der Waals surface area contributed by atoms with E-state index in [0.717, 1.165) is 57.4 Å². The van der Waals surface area contributed by atoms with Gasteiger partial charge in [0, 0.05) is 25.3 Å². The zero-order valence-electron chi connectivity index (χ0n) is 18.5. The number of aliphatic hydroxyl groups is 1. The van der Waals surface area contributed by atoms with Crippen molar-refractivity contribution in [1.29, 1.82) is 0 Å². The molecule has 0 amide bonds. The van der Waals surface area contributed by atoms with Crippen LogP contribution in [0.4, 0.5) is 0 Å². The molecule has 0 aromatic heterocycles. The summed E-state index contributed by atoms with van der Waals surface area (Å²) in [5, 5.41) is 22.4. The van der Waals surface area contributed by atoms with Gasteiger partial charge >= 0.3 is 0 Å². The van der Waals surface area contributed by atoms with Gasteiger partial charge in [-0.15, -0.1) is 0 Å². The Morgan fingerprint density at radius 1 is 0.935 bits per heavy atom. The van der Waals surface area contributed by atoms with Crippen LogP contribution in [0.3, 0.4) is 0 Å². The molecule has 2 unspecified atom stereocenters. The van der Waals surface area contributed by atoms with Crippen molar-refractivity contribution in [2.45, 2.75) is 70.3 Å². The Morgan fingerprint density at radius 3 is 2.52 bits per heavy atom. The minimum atomic E-state index is -0.166. The Labute approximate surface area is 186 Å². The van der Waals surface area contributed by atoms with E-state index in [1.165, 1.54) is 24.8 Å². The molecule has 3 N–H and O–H groups in total. The van der Waals surface area contributed by atoms with Crippen LogP contribution in [0.15, 0.2) is 48.5 Å². The van der Waals surface area contributed by atoms with Crippen molar-refractivity contribution in [2.75, 3.05) is 19.8 Å². The van der Waals surface area contributed by atoms with Crippen LogP contribution < -0.4 is 5.32 Å². The number of nitrogens with one attached hydrogen (secondary N) is 1. The van der Waals surface area contributed by atoms with Crippen LogP contribution in [0.1, 0.15) is 67.7 Å². The molecule has 0 saturated carbocycles. The molecule has 1 saturated heterocycles. The average Bonchev–Trinajstić information content (AvgIpc) is 3.27. The summed E-state index contributed by atoms with van der Waals surface area (Å²) < 4.78 is 11.9. The third-order valence-corrected chi connectivity index (χ3v) is 5.86. The van der Waals surface area contributed by atoms with Crippen molar-refractivity contribution in [3.8, 4) is 5.75 Å². The molecule has 2 atom stereocenters. The number of aliphatic hydroxyl groups excluding tert-OH is 1. The molecule has 1 heterocycles. The van der Waals surface area contributed by atoms with Crippen molar-refractivity contribution in [3.63, 3.8) is 0 Å². The predicted molar refractivity (Wildman–Crippen MR) is 123 cm³/mol. The van der Waals surface area contributed by atoms with Crippen molar-refractivity contribution in [2.24, 2.45) is 0 Å². The molecule has 0 spiro atoms. The third kappa shape index (κ3) is 8.26. The molecule has 0 aliphatic carbocycles. The minimum Gasteiger partial charge on any atom is -0.508 e. The number of benzene rings is 2. The summed E-state index contributed by atoms with van der Waals surface area (Å²) in [6.45, 7) is 2.32. The molecular formula is C26H37NO4. The molecule has 5 heteroatoms. The van der Waals surface area contributed by atoms with Crippen LogP contribution in [0, 0.1) is 0 Å². The number of phenols is 1. The van der Waals surface area contributed by atoms with Gasteiger partial charge in [0.2, 0.25) is 0 Å². The molecule has 2 aromatic carbocycles. The number of hydrogen-bond acceptors (Lipinski definition) is 5. The van der Waals surface area contributed by atoms with Crippen LogP contribution in [0.5, 0.6) is 5.75 Å². The number of ether oxygens (including phenoxy) is 2. The van der Waals surface area contributed by atoms with E-state index in [4.69, 9.17) is 9.47 Å². The van der Waals surface area contributed by atoms with Gasteiger partial charge in [0.25, 0.3) is 0 Å². The van der Waals surface area contributed by atoms with Crippen LogP contribution >= 0.6 is 0 Å². The van der Waals surface area contributed by atoms with E-state index in [1.54, 1.807) is 6.07 Å². The molecule has 5 nitrogen and oxygen atoms in total. The fraction of sp³-hybridized carbons (Fsp3) is 0.538. The summed E-state index contributed by atoms with van der Waals surface area (Å²) in [5.41, 5.74) is 2.95. The number of aromatic hydroxyl groups is 1. The highest BCUT2D eigenvalue weighted by molar-refractivity contribution is 5.36. The van der Waals surface area contributed by atoms with E-state index in [9.17, 15) is 10.2 Å². The molecule has 0 radical (unpaired) electrons.